The van der Waals surface area contributed by atoms with Crippen molar-refractivity contribution < 1.29 is 27.4 Å². The summed E-state index contributed by atoms with van der Waals surface area (Å²) in [6.07, 6.45) is -5.72. The number of likely N-dealkylation sites (N-methyl/N-ethyl adjacent to an activating group) is 1. The van der Waals surface area contributed by atoms with E-state index >= 15 is 0 Å². The van der Waals surface area contributed by atoms with E-state index in [1.807, 2.05) is 0 Å². The molecule has 0 radical (unpaired) electrons. The first-order valence-electron chi connectivity index (χ1n) is 3.70. The summed E-state index contributed by atoms with van der Waals surface area (Å²) in [5, 5.41) is 0. The molecule has 0 aromatic rings. The van der Waals surface area contributed by atoms with Gasteiger partial charge in [0.05, 0.1) is 6.54 Å². The second-order valence-electron chi connectivity index (χ2n) is 2.58. The van der Waals surface area contributed by atoms with Crippen molar-refractivity contribution in [3.63, 3.8) is 0 Å². The molecule has 0 unspecified atom stereocenters. The van der Waals surface area contributed by atoms with Crippen molar-refractivity contribution in [2.75, 3.05) is 27.8 Å². The molecule has 0 aliphatic rings. The van der Waals surface area contributed by atoms with E-state index in [2.05, 4.69) is 9.47 Å². The van der Waals surface area contributed by atoms with Gasteiger partial charge in [-0.1, -0.05) is 0 Å². The molecule has 1 amide bonds. The number of hydrogen-bond donors (Lipinski definition) is 0. The number of hydrogen-bond acceptors (Lipinski definition) is 3. The Hall–Kier alpha value is -0.820. The molecule has 0 saturated heterocycles. The van der Waals surface area contributed by atoms with Gasteiger partial charge in [0.15, 0.2) is 6.29 Å². The fourth-order valence-corrected chi connectivity index (χ4v) is 0.768. The molecule has 0 atom stereocenters. The van der Waals surface area contributed by atoms with Crippen LogP contribution in [-0.4, -0.2) is 51.1 Å². The Morgan fingerprint density at radius 2 is 1.79 bits per heavy atom. The van der Waals surface area contributed by atoms with Crippen LogP contribution in [0.4, 0.5) is 13.2 Å². The number of carbonyl (C=O) groups excluding carboxylic acids is 1. The summed E-state index contributed by atoms with van der Waals surface area (Å²) >= 11 is 0. The summed E-state index contributed by atoms with van der Waals surface area (Å²) in [5.41, 5.74) is 0. The highest BCUT2D eigenvalue weighted by Gasteiger charge is 2.41. The topological polar surface area (TPSA) is 38.8 Å². The minimum Gasteiger partial charge on any atom is -0.354 e. The lowest BCUT2D eigenvalue weighted by Crippen LogP contribution is -2.43. The van der Waals surface area contributed by atoms with Gasteiger partial charge in [-0.2, -0.15) is 13.2 Å². The molecule has 0 heterocycles. The number of rotatable bonds is 4. The zero-order chi connectivity index (χ0) is 11.4. The van der Waals surface area contributed by atoms with E-state index in [9.17, 15) is 18.0 Å². The van der Waals surface area contributed by atoms with Crippen molar-refractivity contribution in [1.82, 2.24) is 4.90 Å². The SMILES string of the molecule is COC(CN(C)C(=O)C(F)(F)F)OC. The molecule has 0 aliphatic carbocycles. The Balaban J connectivity index is 4.20. The maximum Gasteiger partial charge on any atom is 0.471 e. The third kappa shape index (κ3) is 3.93. The van der Waals surface area contributed by atoms with Crippen molar-refractivity contribution in [3.05, 3.63) is 0 Å². The number of ether oxygens (including phenoxy) is 2. The van der Waals surface area contributed by atoms with Gasteiger partial charge in [-0.25, -0.2) is 0 Å². The number of nitrogens with zero attached hydrogens (tertiary/aromatic N) is 1. The second-order valence-corrected chi connectivity index (χ2v) is 2.58. The molecular weight excluding hydrogens is 203 g/mol. The highest BCUT2D eigenvalue weighted by atomic mass is 19.4. The number of amides is 1. The van der Waals surface area contributed by atoms with Crippen LogP contribution in [0.2, 0.25) is 0 Å². The molecule has 0 N–H and O–H groups in total. The molecule has 0 spiro atoms. The number of carbonyl (C=O) groups is 1. The predicted octanol–water partition coefficient (Wildman–Crippen LogP) is 0.626. The van der Waals surface area contributed by atoms with Crippen LogP contribution in [0.5, 0.6) is 0 Å². The molecule has 14 heavy (non-hydrogen) atoms. The number of methoxy groups -OCH3 is 2. The summed E-state index contributed by atoms with van der Waals surface area (Å²) < 4.78 is 45.0. The average Bonchev–Trinajstić information content (AvgIpc) is 2.11. The lowest BCUT2D eigenvalue weighted by atomic mass is 10.4. The Morgan fingerprint density at radius 3 is 2.07 bits per heavy atom. The van der Waals surface area contributed by atoms with Gasteiger partial charge in [-0.15, -0.1) is 0 Å². The van der Waals surface area contributed by atoms with Crippen molar-refractivity contribution in [2.45, 2.75) is 12.5 Å². The standard InChI is InChI=1S/C7H12F3NO3/c1-11(4-5(13-2)14-3)6(12)7(8,9)10/h5H,4H2,1-3H3. The molecule has 84 valence electrons. The van der Waals surface area contributed by atoms with Gasteiger partial charge in [0.1, 0.15) is 0 Å². The Kier molecular flexibility index (Phi) is 4.86. The van der Waals surface area contributed by atoms with Crippen molar-refractivity contribution in [3.8, 4) is 0 Å². The zero-order valence-electron chi connectivity index (χ0n) is 8.09. The van der Waals surface area contributed by atoms with Gasteiger partial charge in [0.25, 0.3) is 0 Å². The quantitative estimate of drug-likeness (QED) is 0.645. The molecule has 0 aromatic heterocycles. The molecular formula is C7H12F3NO3. The van der Waals surface area contributed by atoms with Crippen LogP contribution in [0.1, 0.15) is 0 Å². The van der Waals surface area contributed by atoms with Crippen LogP contribution < -0.4 is 0 Å². The van der Waals surface area contributed by atoms with Crippen LogP contribution in [0.15, 0.2) is 0 Å². The van der Waals surface area contributed by atoms with Crippen LogP contribution in [0.25, 0.3) is 0 Å². The molecule has 0 rings (SSSR count). The first kappa shape index (κ1) is 13.2. The smallest absolute Gasteiger partial charge is 0.354 e. The summed E-state index contributed by atoms with van der Waals surface area (Å²) in [4.78, 5) is 11.1. The van der Waals surface area contributed by atoms with Crippen LogP contribution in [0, 0.1) is 0 Å². The molecule has 0 saturated carbocycles. The van der Waals surface area contributed by atoms with Crippen molar-refractivity contribution in [2.24, 2.45) is 0 Å². The first-order chi connectivity index (χ1) is 6.32. The molecule has 0 aromatic carbocycles. The lowest BCUT2D eigenvalue weighted by molar-refractivity contribution is -0.190. The maximum atomic E-state index is 11.9. The molecule has 0 aliphatic heterocycles. The van der Waals surface area contributed by atoms with E-state index in [1.165, 1.54) is 14.2 Å². The van der Waals surface area contributed by atoms with E-state index in [-0.39, 0.29) is 6.54 Å². The zero-order valence-corrected chi connectivity index (χ0v) is 8.09. The van der Waals surface area contributed by atoms with Gasteiger partial charge in [0.2, 0.25) is 0 Å². The van der Waals surface area contributed by atoms with Crippen LogP contribution in [-0.2, 0) is 14.3 Å². The lowest BCUT2D eigenvalue weighted by Gasteiger charge is -2.22. The highest BCUT2D eigenvalue weighted by Crippen LogP contribution is 2.17. The largest absolute Gasteiger partial charge is 0.471 e. The first-order valence-corrected chi connectivity index (χ1v) is 3.70. The Morgan fingerprint density at radius 1 is 1.36 bits per heavy atom. The molecule has 7 heteroatoms. The van der Waals surface area contributed by atoms with E-state index < -0.39 is 18.4 Å². The predicted molar refractivity (Wildman–Crippen MR) is 41.5 cm³/mol. The van der Waals surface area contributed by atoms with E-state index in [0.717, 1.165) is 7.05 Å². The number of alkyl halides is 3. The van der Waals surface area contributed by atoms with Crippen LogP contribution >= 0.6 is 0 Å². The summed E-state index contributed by atoms with van der Waals surface area (Å²) in [5.74, 6) is -1.92. The third-order valence-corrected chi connectivity index (χ3v) is 1.54. The third-order valence-electron chi connectivity index (χ3n) is 1.54. The highest BCUT2D eigenvalue weighted by molar-refractivity contribution is 5.81. The van der Waals surface area contributed by atoms with Gasteiger partial charge < -0.3 is 14.4 Å². The van der Waals surface area contributed by atoms with Gasteiger partial charge in [-0.05, 0) is 0 Å². The second kappa shape index (κ2) is 5.16. The van der Waals surface area contributed by atoms with E-state index in [4.69, 9.17) is 0 Å². The fraction of sp³-hybridized carbons (Fsp3) is 0.857. The Bertz CT molecular complexity index is 191. The summed E-state index contributed by atoms with van der Waals surface area (Å²) in [7, 11) is 3.58. The number of halogens is 3. The summed E-state index contributed by atoms with van der Waals surface area (Å²) in [6.45, 7) is -0.272. The molecule has 0 bridgehead atoms. The van der Waals surface area contributed by atoms with Crippen molar-refractivity contribution in [1.29, 1.82) is 0 Å². The average molecular weight is 215 g/mol. The molecule has 0 fully saturated rings. The minimum atomic E-state index is -4.86. The monoisotopic (exact) mass is 215 g/mol. The van der Waals surface area contributed by atoms with Gasteiger partial charge in [0, 0.05) is 21.3 Å². The minimum absolute atomic E-state index is 0.272. The fourth-order valence-electron chi connectivity index (χ4n) is 0.768. The van der Waals surface area contributed by atoms with E-state index in [0.29, 0.717) is 4.90 Å². The maximum absolute atomic E-state index is 11.9. The molecule has 4 nitrogen and oxygen atoms in total. The van der Waals surface area contributed by atoms with E-state index in [1.54, 1.807) is 0 Å². The van der Waals surface area contributed by atoms with Gasteiger partial charge in [-0.3, -0.25) is 4.79 Å². The normalized spacial score (nSPS) is 11.9. The van der Waals surface area contributed by atoms with Crippen molar-refractivity contribution >= 4 is 5.91 Å². The van der Waals surface area contributed by atoms with Crippen LogP contribution in [0.3, 0.4) is 0 Å². The summed E-state index contributed by atoms with van der Waals surface area (Å²) in [6, 6.07) is 0. The van der Waals surface area contributed by atoms with Gasteiger partial charge >= 0.3 is 12.1 Å². The Labute approximate surface area is 79.6 Å².